The highest BCUT2D eigenvalue weighted by Gasteiger charge is 2.03. The Kier molecular flexibility index (Phi) is 5.43. The number of carbonyl (C=O) groups excluding carboxylic acids is 1. The standard InChI is InChI=1S/C13H15NOS/c1-3-7-13(15)14-11-8-5-6-9-12(11)16-10-4-2/h3-9H,2,10H2,1H3,(H,14,15). The third-order valence-electron chi connectivity index (χ3n) is 1.82. The van der Waals surface area contributed by atoms with Gasteiger partial charge < -0.3 is 5.32 Å². The normalized spacial score (nSPS) is 10.3. The predicted molar refractivity (Wildman–Crippen MR) is 70.8 cm³/mol. The smallest absolute Gasteiger partial charge is 0.248 e. The van der Waals surface area contributed by atoms with Crippen molar-refractivity contribution in [1.82, 2.24) is 0 Å². The molecule has 0 bridgehead atoms. The molecule has 1 amide bonds. The van der Waals surface area contributed by atoms with E-state index in [9.17, 15) is 4.79 Å². The van der Waals surface area contributed by atoms with E-state index in [1.807, 2.05) is 37.3 Å². The molecule has 3 heteroatoms. The van der Waals surface area contributed by atoms with E-state index in [1.54, 1.807) is 17.8 Å². The molecule has 0 fully saturated rings. The lowest BCUT2D eigenvalue weighted by molar-refractivity contribution is -0.111. The van der Waals surface area contributed by atoms with Crippen LogP contribution >= 0.6 is 11.8 Å². The lowest BCUT2D eigenvalue weighted by Gasteiger charge is -2.08. The van der Waals surface area contributed by atoms with Gasteiger partial charge in [0.15, 0.2) is 0 Å². The highest BCUT2D eigenvalue weighted by atomic mass is 32.2. The van der Waals surface area contributed by atoms with Gasteiger partial charge in [0, 0.05) is 10.6 Å². The lowest BCUT2D eigenvalue weighted by Crippen LogP contribution is -2.08. The summed E-state index contributed by atoms with van der Waals surface area (Å²) in [5.74, 6) is 0.727. The molecule has 0 radical (unpaired) electrons. The molecule has 1 N–H and O–H groups in total. The van der Waals surface area contributed by atoms with Crippen molar-refractivity contribution in [3.05, 3.63) is 49.1 Å². The molecule has 0 unspecified atom stereocenters. The Bertz CT molecular complexity index is 399. The minimum atomic E-state index is -0.103. The fraction of sp³-hybridized carbons (Fsp3) is 0.154. The first-order chi connectivity index (χ1) is 7.77. The lowest BCUT2D eigenvalue weighted by atomic mass is 10.3. The van der Waals surface area contributed by atoms with Crippen LogP contribution in [0.4, 0.5) is 5.69 Å². The molecule has 1 aromatic carbocycles. The van der Waals surface area contributed by atoms with Gasteiger partial charge >= 0.3 is 0 Å². The Morgan fingerprint density at radius 1 is 1.50 bits per heavy atom. The first-order valence-corrected chi connectivity index (χ1v) is 6.03. The minimum Gasteiger partial charge on any atom is -0.321 e. The van der Waals surface area contributed by atoms with Crippen LogP contribution in [0, 0.1) is 0 Å². The summed E-state index contributed by atoms with van der Waals surface area (Å²) in [5, 5.41) is 2.84. The monoisotopic (exact) mass is 233 g/mol. The molecule has 0 aromatic heterocycles. The van der Waals surface area contributed by atoms with Gasteiger partial charge in [-0.25, -0.2) is 0 Å². The van der Waals surface area contributed by atoms with E-state index in [-0.39, 0.29) is 5.91 Å². The van der Waals surface area contributed by atoms with E-state index < -0.39 is 0 Å². The van der Waals surface area contributed by atoms with Crippen LogP contribution in [0.1, 0.15) is 6.92 Å². The van der Waals surface area contributed by atoms with Crippen LogP contribution in [0.2, 0.25) is 0 Å². The van der Waals surface area contributed by atoms with Gasteiger partial charge in [0.25, 0.3) is 0 Å². The number of allylic oxidation sites excluding steroid dienone is 1. The average Bonchev–Trinajstić information content (AvgIpc) is 2.28. The predicted octanol–water partition coefficient (Wildman–Crippen LogP) is 3.48. The number of hydrogen-bond donors (Lipinski definition) is 1. The quantitative estimate of drug-likeness (QED) is 0.479. The summed E-state index contributed by atoms with van der Waals surface area (Å²) in [6, 6.07) is 7.74. The van der Waals surface area contributed by atoms with Gasteiger partial charge in [-0.2, -0.15) is 0 Å². The maximum absolute atomic E-state index is 11.4. The number of hydrogen-bond acceptors (Lipinski definition) is 2. The second kappa shape index (κ2) is 6.90. The molecular formula is C13H15NOS. The van der Waals surface area contributed by atoms with E-state index in [1.165, 1.54) is 6.08 Å². The minimum absolute atomic E-state index is 0.103. The molecule has 0 spiro atoms. The number of rotatable bonds is 5. The highest BCUT2D eigenvalue weighted by Crippen LogP contribution is 2.26. The summed E-state index contributed by atoms with van der Waals surface area (Å²) >= 11 is 1.65. The number of benzene rings is 1. The van der Waals surface area contributed by atoms with Gasteiger partial charge in [-0.1, -0.05) is 24.3 Å². The van der Waals surface area contributed by atoms with E-state index in [0.717, 1.165) is 16.3 Å². The van der Waals surface area contributed by atoms with E-state index in [4.69, 9.17) is 0 Å². The molecule has 1 rings (SSSR count). The molecule has 0 atom stereocenters. The average molecular weight is 233 g/mol. The van der Waals surface area contributed by atoms with Crippen LogP contribution in [0.5, 0.6) is 0 Å². The number of thioether (sulfide) groups is 1. The second-order valence-electron chi connectivity index (χ2n) is 3.09. The van der Waals surface area contributed by atoms with E-state index >= 15 is 0 Å². The van der Waals surface area contributed by atoms with Crippen molar-refractivity contribution in [3.8, 4) is 0 Å². The first kappa shape index (κ1) is 12.6. The van der Waals surface area contributed by atoms with E-state index in [2.05, 4.69) is 11.9 Å². The Hall–Kier alpha value is -1.48. The van der Waals surface area contributed by atoms with Crippen LogP contribution in [-0.2, 0) is 4.79 Å². The molecule has 0 aliphatic carbocycles. The topological polar surface area (TPSA) is 29.1 Å². The zero-order valence-corrected chi connectivity index (χ0v) is 10.1. The number of anilines is 1. The molecule has 1 aromatic rings. The van der Waals surface area contributed by atoms with Crippen molar-refractivity contribution < 1.29 is 4.79 Å². The summed E-state index contributed by atoms with van der Waals surface area (Å²) in [5.41, 5.74) is 0.845. The third kappa shape index (κ3) is 3.95. The summed E-state index contributed by atoms with van der Waals surface area (Å²) in [6.07, 6.45) is 5.07. The molecular weight excluding hydrogens is 218 g/mol. The highest BCUT2D eigenvalue weighted by molar-refractivity contribution is 7.99. The van der Waals surface area contributed by atoms with Gasteiger partial charge in [-0.3, -0.25) is 4.79 Å². The Labute approximate surface area is 100 Å². The summed E-state index contributed by atoms with van der Waals surface area (Å²) in [6.45, 7) is 5.49. The largest absolute Gasteiger partial charge is 0.321 e. The molecule has 2 nitrogen and oxygen atoms in total. The SMILES string of the molecule is C=CCSc1ccccc1NC(=O)C=CC. The van der Waals surface area contributed by atoms with Gasteiger partial charge in [0.05, 0.1) is 5.69 Å². The van der Waals surface area contributed by atoms with Crippen molar-refractivity contribution >= 4 is 23.4 Å². The van der Waals surface area contributed by atoms with Crippen LogP contribution in [0.3, 0.4) is 0 Å². The van der Waals surface area contributed by atoms with Crippen LogP contribution in [-0.4, -0.2) is 11.7 Å². The number of nitrogens with one attached hydrogen (secondary N) is 1. The third-order valence-corrected chi connectivity index (χ3v) is 2.89. The molecule has 0 aliphatic heterocycles. The first-order valence-electron chi connectivity index (χ1n) is 5.04. The number of carbonyl (C=O) groups is 1. The molecule has 84 valence electrons. The Morgan fingerprint density at radius 2 is 2.25 bits per heavy atom. The maximum atomic E-state index is 11.4. The molecule has 0 saturated heterocycles. The summed E-state index contributed by atoms with van der Waals surface area (Å²) in [7, 11) is 0. The zero-order valence-electron chi connectivity index (χ0n) is 9.27. The Morgan fingerprint density at radius 3 is 2.94 bits per heavy atom. The van der Waals surface area contributed by atoms with Crippen LogP contribution in [0.25, 0.3) is 0 Å². The van der Waals surface area contributed by atoms with Gasteiger partial charge in [0.2, 0.25) is 5.91 Å². The fourth-order valence-corrected chi connectivity index (χ4v) is 1.92. The van der Waals surface area contributed by atoms with Gasteiger partial charge in [-0.15, -0.1) is 18.3 Å². The fourth-order valence-electron chi connectivity index (χ4n) is 1.17. The van der Waals surface area contributed by atoms with E-state index in [0.29, 0.717) is 0 Å². The maximum Gasteiger partial charge on any atom is 0.248 e. The summed E-state index contributed by atoms with van der Waals surface area (Å²) in [4.78, 5) is 12.5. The van der Waals surface area contributed by atoms with Gasteiger partial charge in [-0.05, 0) is 25.1 Å². The molecule has 16 heavy (non-hydrogen) atoms. The number of amides is 1. The Balaban J connectivity index is 2.77. The van der Waals surface area contributed by atoms with Crippen molar-refractivity contribution in [2.24, 2.45) is 0 Å². The van der Waals surface area contributed by atoms with Gasteiger partial charge in [0.1, 0.15) is 0 Å². The van der Waals surface area contributed by atoms with Crippen molar-refractivity contribution in [1.29, 1.82) is 0 Å². The van der Waals surface area contributed by atoms with Crippen molar-refractivity contribution in [2.75, 3.05) is 11.1 Å². The summed E-state index contributed by atoms with van der Waals surface area (Å²) < 4.78 is 0. The zero-order chi connectivity index (χ0) is 11.8. The molecule has 0 heterocycles. The van der Waals surface area contributed by atoms with Crippen LogP contribution < -0.4 is 5.32 Å². The van der Waals surface area contributed by atoms with Crippen LogP contribution in [0.15, 0.2) is 54.0 Å². The molecule has 0 saturated carbocycles. The van der Waals surface area contributed by atoms with Crippen molar-refractivity contribution in [2.45, 2.75) is 11.8 Å². The molecule has 0 aliphatic rings. The number of para-hydroxylation sites is 1. The second-order valence-corrected chi connectivity index (χ2v) is 4.15. The van der Waals surface area contributed by atoms with Crippen molar-refractivity contribution in [3.63, 3.8) is 0 Å².